The maximum absolute atomic E-state index is 12.9. The molecule has 1 unspecified atom stereocenters. The number of amides is 1. The highest BCUT2D eigenvalue weighted by Gasteiger charge is 2.25. The molecule has 0 spiro atoms. The highest BCUT2D eigenvalue weighted by Crippen LogP contribution is 2.24. The predicted molar refractivity (Wildman–Crippen MR) is 118 cm³/mol. The molecule has 0 aliphatic carbocycles. The zero-order valence-corrected chi connectivity index (χ0v) is 18.0. The Kier molecular flexibility index (Phi) is 5.66. The van der Waals surface area contributed by atoms with Gasteiger partial charge in [-0.2, -0.15) is 4.98 Å². The lowest BCUT2D eigenvalue weighted by Gasteiger charge is -2.18. The molecule has 1 N–H and O–H groups in total. The smallest absolute Gasteiger partial charge is 0.251 e. The van der Waals surface area contributed by atoms with Crippen LogP contribution in [0.5, 0.6) is 0 Å². The van der Waals surface area contributed by atoms with E-state index in [-0.39, 0.29) is 11.8 Å². The van der Waals surface area contributed by atoms with Crippen LogP contribution in [0.2, 0.25) is 0 Å². The SMILES string of the molecule is Cc1ccc(C)n1-c1ccc(C(=O)NC(c2nc(-c3cccnc3)no2)C(C)C)cc1. The molecule has 0 fully saturated rings. The van der Waals surface area contributed by atoms with Crippen LogP contribution in [-0.2, 0) is 0 Å². The van der Waals surface area contributed by atoms with Gasteiger partial charge in [0, 0.05) is 40.6 Å². The van der Waals surface area contributed by atoms with Gasteiger partial charge >= 0.3 is 0 Å². The van der Waals surface area contributed by atoms with Crippen LogP contribution >= 0.6 is 0 Å². The van der Waals surface area contributed by atoms with Crippen LogP contribution in [0.4, 0.5) is 0 Å². The van der Waals surface area contributed by atoms with E-state index in [4.69, 9.17) is 4.52 Å². The molecule has 0 radical (unpaired) electrons. The van der Waals surface area contributed by atoms with Gasteiger partial charge in [-0.3, -0.25) is 9.78 Å². The molecule has 31 heavy (non-hydrogen) atoms. The van der Waals surface area contributed by atoms with Gasteiger partial charge in [0.25, 0.3) is 5.91 Å². The number of carbonyl (C=O) groups excluding carboxylic acids is 1. The van der Waals surface area contributed by atoms with E-state index in [0.29, 0.717) is 17.3 Å². The van der Waals surface area contributed by atoms with E-state index in [1.807, 2.05) is 50.2 Å². The Morgan fingerprint density at radius 1 is 1.03 bits per heavy atom. The minimum atomic E-state index is -0.404. The molecule has 4 rings (SSSR count). The predicted octanol–water partition coefficient (Wildman–Crippen LogP) is 4.67. The molecule has 0 saturated heterocycles. The fourth-order valence-corrected chi connectivity index (χ4v) is 3.55. The van der Waals surface area contributed by atoms with E-state index in [0.717, 1.165) is 22.6 Å². The van der Waals surface area contributed by atoms with Crippen molar-refractivity contribution in [2.75, 3.05) is 0 Å². The lowest BCUT2D eigenvalue weighted by Crippen LogP contribution is -2.32. The molecule has 3 aromatic heterocycles. The molecule has 0 saturated carbocycles. The highest BCUT2D eigenvalue weighted by molar-refractivity contribution is 5.94. The second-order valence-corrected chi connectivity index (χ2v) is 7.89. The summed E-state index contributed by atoms with van der Waals surface area (Å²) < 4.78 is 7.62. The molecule has 3 heterocycles. The molecule has 7 nitrogen and oxygen atoms in total. The van der Waals surface area contributed by atoms with Crippen molar-refractivity contribution in [3.63, 3.8) is 0 Å². The molecule has 1 aromatic carbocycles. The first-order chi connectivity index (χ1) is 14.9. The van der Waals surface area contributed by atoms with E-state index in [1.54, 1.807) is 12.4 Å². The van der Waals surface area contributed by atoms with Crippen molar-refractivity contribution in [1.29, 1.82) is 0 Å². The lowest BCUT2D eigenvalue weighted by molar-refractivity contribution is 0.0914. The van der Waals surface area contributed by atoms with Crippen LogP contribution in [0.1, 0.15) is 47.5 Å². The Morgan fingerprint density at radius 2 is 1.74 bits per heavy atom. The third kappa shape index (κ3) is 4.26. The number of carbonyl (C=O) groups is 1. The third-order valence-electron chi connectivity index (χ3n) is 5.24. The van der Waals surface area contributed by atoms with Crippen LogP contribution in [0.15, 0.2) is 65.4 Å². The van der Waals surface area contributed by atoms with E-state index >= 15 is 0 Å². The summed E-state index contributed by atoms with van der Waals surface area (Å²) in [6.45, 7) is 8.12. The van der Waals surface area contributed by atoms with E-state index in [1.165, 1.54) is 0 Å². The third-order valence-corrected chi connectivity index (χ3v) is 5.24. The summed E-state index contributed by atoms with van der Waals surface area (Å²) in [5.74, 6) is 0.699. The van der Waals surface area contributed by atoms with Gasteiger partial charge in [0.15, 0.2) is 0 Å². The Labute approximate surface area is 181 Å². The Hall–Kier alpha value is -3.74. The molecule has 0 bridgehead atoms. The lowest BCUT2D eigenvalue weighted by atomic mass is 10.0. The summed E-state index contributed by atoms with van der Waals surface area (Å²) >= 11 is 0. The van der Waals surface area contributed by atoms with Crippen molar-refractivity contribution in [2.45, 2.75) is 33.7 Å². The summed E-state index contributed by atoms with van der Waals surface area (Å²) in [5.41, 5.74) is 4.65. The van der Waals surface area contributed by atoms with Gasteiger partial charge in [-0.15, -0.1) is 0 Å². The Morgan fingerprint density at radius 3 is 2.35 bits per heavy atom. The number of benzene rings is 1. The fourth-order valence-electron chi connectivity index (χ4n) is 3.55. The number of rotatable bonds is 6. The first kappa shape index (κ1) is 20.5. The van der Waals surface area contributed by atoms with Crippen LogP contribution in [0, 0.1) is 19.8 Å². The van der Waals surface area contributed by atoms with Gasteiger partial charge in [-0.25, -0.2) is 0 Å². The van der Waals surface area contributed by atoms with Gasteiger partial charge in [0.1, 0.15) is 6.04 Å². The van der Waals surface area contributed by atoms with Crippen LogP contribution in [0.3, 0.4) is 0 Å². The quantitative estimate of drug-likeness (QED) is 0.495. The number of nitrogens with zero attached hydrogens (tertiary/aromatic N) is 4. The van der Waals surface area contributed by atoms with Crippen molar-refractivity contribution >= 4 is 5.91 Å². The zero-order chi connectivity index (χ0) is 22.0. The number of nitrogens with one attached hydrogen (secondary N) is 1. The van der Waals surface area contributed by atoms with Crippen LogP contribution in [-0.4, -0.2) is 25.6 Å². The average molecular weight is 415 g/mol. The van der Waals surface area contributed by atoms with Gasteiger partial charge < -0.3 is 14.4 Å². The summed E-state index contributed by atoms with van der Waals surface area (Å²) in [6.07, 6.45) is 3.36. The first-order valence-electron chi connectivity index (χ1n) is 10.2. The molecule has 0 aliphatic rings. The molecule has 0 aliphatic heterocycles. The van der Waals surface area contributed by atoms with E-state index in [2.05, 4.69) is 51.0 Å². The minimum absolute atomic E-state index is 0.0654. The van der Waals surface area contributed by atoms with Gasteiger partial charge in [0.05, 0.1) is 0 Å². The largest absolute Gasteiger partial charge is 0.340 e. The molecule has 158 valence electrons. The van der Waals surface area contributed by atoms with Crippen molar-refractivity contribution < 1.29 is 9.32 Å². The number of pyridine rings is 1. The molecular formula is C24H25N5O2. The topological polar surface area (TPSA) is 85.8 Å². The van der Waals surface area contributed by atoms with Gasteiger partial charge in [0.2, 0.25) is 11.7 Å². The fraction of sp³-hybridized carbons (Fsp3) is 0.250. The molecule has 1 atom stereocenters. The highest BCUT2D eigenvalue weighted by atomic mass is 16.5. The molecule has 4 aromatic rings. The van der Waals surface area contributed by atoms with E-state index in [9.17, 15) is 4.79 Å². The number of aryl methyl sites for hydroxylation is 2. The zero-order valence-electron chi connectivity index (χ0n) is 18.0. The standard InChI is InChI=1S/C24H25N5O2/c1-15(2)21(24-27-22(28-31-24)19-6-5-13-25-14-19)26-23(30)18-9-11-20(12-10-18)29-16(3)7-8-17(29)4/h5-15,21H,1-4H3,(H,26,30). The van der Waals surface area contributed by atoms with Gasteiger partial charge in [-0.05, 0) is 68.3 Å². The Balaban J connectivity index is 1.53. The van der Waals surface area contributed by atoms with Crippen molar-refractivity contribution in [3.8, 4) is 17.1 Å². The molecule has 7 heteroatoms. The maximum Gasteiger partial charge on any atom is 0.251 e. The number of hydrogen-bond acceptors (Lipinski definition) is 5. The molecule has 1 amide bonds. The van der Waals surface area contributed by atoms with E-state index < -0.39 is 6.04 Å². The minimum Gasteiger partial charge on any atom is -0.340 e. The monoisotopic (exact) mass is 415 g/mol. The average Bonchev–Trinajstić information content (AvgIpc) is 3.39. The number of hydrogen-bond donors (Lipinski definition) is 1. The first-order valence-corrected chi connectivity index (χ1v) is 10.2. The summed E-state index contributed by atoms with van der Waals surface area (Å²) in [6, 6.07) is 15.0. The van der Waals surface area contributed by atoms with Crippen molar-refractivity contribution in [2.24, 2.45) is 5.92 Å². The van der Waals surface area contributed by atoms with Crippen LogP contribution in [0.25, 0.3) is 17.1 Å². The summed E-state index contributed by atoms with van der Waals surface area (Å²) in [5, 5.41) is 7.08. The summed E-state index contributed by atoms with van der Waals surface area (Å²) in [4.78, 5) is 21.5. The second-order valence-electron chi connectivity index (χ2n) is 7.89. The van der Waals surface area contributed by atoms with Gasteiger partial charge in [-0.1, -0.05) is 19.0 Å². The van der Waals surface area contributed by atoms with Crippen molar-refractivity contribution in [3.05, 3.63) is 83.8 Å². The molecular weight excluding hydrogens is 390 g/mol. The second kappa shape index (κ2) is 8.55. The Bertz CT molecular complexity index is 1160. The maximum atomic E-state index is 12.9. The number of aromatic nitrogens is 4. The summed E-state index contributed by atoms with van der Waals surface area (Å²) in [7, 11) is 0. The van der Waals surface area contributed by atoms with Crippen LogP contribution < -0.4 is 5.32 Å². The van der Waals surface area contributed by atoms with Crippen molar-refractivity contribution in [1.82, 2.24) is 25.0 Å². The normalized spacial score (nSPS) is 12.2.